The Kier molecular flexibility index (Phi) is 7.62. The van der Waals surface area contributed by atoms with Gasteiger partial charge in [0.25, 0.3) is 0 Å². The van der Waals surface area contributed by atoms with E-state index in [-0.39, 0.29) is 6.61 Å². The standard InChI is InChI=1S/C21H24N4O2S/c1-2-13-27-20-8-7-17-5-3-4-6-18(17)19(20)16-23-24-21(28)22-9-10-25-11-14-26-15-12-25/h1,3-8,16H,9-15H2,(H2,22,24,28)/p+1/b23-16-. The van der Waals surface area contributed by atoms with Crippen LogP contribution < -0.4 is 20.4 Å². The highest BCUT2D eigenvalue weighted by Crippen LogP contribution is 2.26. The summed E-state index contributed by atoms with van der Waals surface area (Å²) in [5.41, 5.74) is 3.74. The van der Waals surface area contributed by atoms with Gasteiger partial charge < -0.3 is 19.7 Å². The molecule has 0 saturated carbocycles. The van der Waals surface area contributed by atoms with E-state index in [0.29, 0.717) is 10.9 Å². The van der Waals surface area contributed by atoms with Crippen LogP contribution >= 0.6 is 12.2 Å². The monoisotopic (exact) mass is 397 g/mol. The summed E-state index contributed by atoms with van der Waals surface area (Å²) in [6.45, 7) is 5.75. The maximum atomic E-state index is 5.67. The van der Waals surface area contributed by atoms with Gasteiger partial charge in [-0.2, -0.15) is 5.10 Å². The number of terminal acetylenes is 1. The number of morpholine rings is 1. The van der Waals surface area contributed by atoms with E-state index in [9.17, 15) is 0 Å². The fourth-order valence-corrected chi connectivity index (χ4v) is 3.27. The molecule has 1 heterocycles. The number of hydrazone groups is 1. The highest BCUT2D eigenvalue weighted by atomic mass is 32.1. The zero-order chi connectivity index (χ0) is 19.6. The van der Waals surface area contributed by atoms with Gasteiger partial charge in [0.1, 0.15) is 25.4 Å². The van der Waals surface area contributed by atoms with Crippen LogP contribution in [-0.2, 0) is 4.74 Å². The van der Waals surface area contributed by atoms with Gasteiger partial charge in [-0.1, -0.05) is 36.3 Å². The molecule has 2 aromatic rings. The average Bonchev–Trinajstić information content (AvgIpc) is 2.73. The molecule has 7 heteroatoms. The first-order chi connectivity index (χ1) is 13.8. The molecule has 0 spiro atoms. The SMILES string of the molecule is C#CCOc1ccc2ccccc2c1/C=N\NC(=S)NCC[NH+]1CCOCC1. The molecule has 1 saturated heterocycles. The van der Waals surface area contributed by atoms with Crippen LogP contribution in [-0.4, -0.2) is 57.3 Å². The minimum atomic E-state index is 0.205. The van der Waals surface area contributed by atoms with Crippen molar-refractivity contribution in [1.29, 1.82) is 0 Å². The van der Waals surface area contributed by atoms with Crippen molar-refractivity contribution in [3.05, 3.63) is 42.0 Å². The summed E-state index contributed by atoms with van der Waals surface area (Å²) in [7, 11) is 0. The molecule has 1 aliphatic rings. The molecular weight excluding hydrogens is 372 g/mol. The average molecular weight is 398 g/mol. The smallest absolute Gasteiger partial charge is 0.187 e. The molecule has 0 amide bonds. The maximum absolute atomic E-state index is 5.67. The molecule has 0 radical (unpaired) electrons. The first kappa shape index (κ1) is 20.1. The van der Waals surface area contributed by atoms with Crippen molar-refractivity contribution in [3.63, 3.8) is 0 Å². The number of hydrogen-bond donors (Lipinski definition) is 3. The maximum Gasteiger partial charge on any atom is 0.187 e. The van der Waals surface area contributed by atoms with Crippen molar-refractivity contribution in [3.8, 4) is 18.1 Å². The number of thiocarbonyl (C=S) groups is 1. The second kappa shape index (κ2) is 10.6. The second-order valence-corrected chi connectivity index (χ2v) is 6.84. The molecule has 2 aromatic carbocycles. The van der Waals surface area contributed by atoms with E-state index in [1.54, 1.807) is 6.21 Å². The summed E-state index contributed by atoms with van der Waals surface area (Å²) in [6.07, 6.45) is 7.04. The Morgan fingerprint density at radius 1 is 1.29 bits per heavy atom. The third kappa shape index (κ3) is 5.67. The Hall–Kier alpha value is -2.66. The summed E-state index contributed by atoms with van der Waals surface area (Å²) in [5, 5.41) is 10.1. The quantitative estimate of drug-likeness (QED) is 0.276. The Bertz CT molecular complexity index is 872. The fraction of sp³-hybridized carbons (Fsp3) is 0.333. The van der Waals surface area contributed by atoms with Crippen LogP contribution in [0.5, 0.6) is 5.75 Å². The van der Waals surface area contributed by atoms with Crippen molar-refractivity contribution in [2.24, 2.45) is 5.10 Å². The lowest BCUT2D eigenvalue weighted by Crippen LogP contribution is -3.14. The van der Waals surface area contributed by atoms with Crippen molar-refractivity contribution in [2.75, 3.05) is 46.0 Å². The van der Waals surface area contributed by atoms with E-state index in [0.717, 1.165) is 55.7 Å². The zero-order valence-corrected chi connectivity index (χ0v) is 16.6. The molecule has 0 unspecified atom stereocenters. The van der Waals surface area contributed by atoms with Crippen LogP contribution in [0.25, 0.3) is 10.8 Å². The number of benzene rings is 2. The molecular formula is C21H25N4O2S+. The molecule has 1 aliphatic heterocycles. The van der Waals surface area contributed by atoms with Gasteiger partial charge in [0.15, 0.2) is 5.11 Å². The van der Waals surface area contributed by atoms with Crippen molar-refractivity contribution in [2.45, 2.75) is 0 Å². The van der Waals surface area contributed by atoms with Crippen LogP contribution in [0.3, 0.4) is 0 Å². The molecule has 0 aliphatic carbocycles. The Morgan fingerprint density at radius 2 is 2.11 bits per heavy atom. The molecule has 1 fully saturated rings. The van der Waals surface area contributed by atoms with E-state index in [1.807, 2.05) is 36.4 Å². The minimum Gasteiger partial charge on any atom is -0.480 e. The minimum absolute atomic E-state index is 0.205. The topological polar surface area (TPSA) is 59.3 Å². The number of nitrogens with zero attached hydrogens (tertiary/aromatic N) is 1. The van der Waals surface area contributed by atoms with E-state index < -0.39 is 0 Å². The number of nitrogens with one attached hydrogen (secondary N) is 3. The number of fused-ring (bicyclic) bond motifs is 1. The molecule has 0 atom stereocenters. The molecule has 3 N–H and O–H groups in total. The Balaban J connectivity index is 1.58. The summed E-state index contributed by atoms with van der Waals surface area (Å²) in [5.74, 6) is 3.18. The largest absolute Gasteiger partial charge is 0.480 e. The van der Waals surface area contributed by atoms with Gasteiger partial charge >= 0.3 is 0 Å². The first-order valence-corrected chi connectivity index (χ1v) is 9.75. The zero-order valence-electron chi connectivity index (χ0n) is 15.7. The van der Waals surface area contributed by atoms with E-state index in [2.05, 4.69) is 21.8 Å². The van der Waals surface area contributed by atoms with Gasteiger partial charge in [-0.15, -0.1) is 6.42 Å². The molecule has 3 rings (SSSR count). The number of rotatable bonds is 7. The normalized spacial score (nSPS) is 14.7. The summed E-state index contributed by atoms with van der Waals surface area (Å²) in [4.78, 5) is 1.52. The Labute approximate surface area is 170 Å². The van der Waals surface area contributed by atoms with Gasteiger partial charge in [-0.05, 0) is 29.1 Å². The van der Waals surface area contributed by atoms with Gasteiger partial charge in [0.05, 0.1) is 32.5 Å². The molecule has 6 nitrogen and oxygen atoms in total. The number of hydrogen-bond acceptors (Lipinski definition) is 4. The number of quaternary nitrogens is 1. The van der Waals surface area contributed by atoms with E-state index in [1.165, 1.54) is 4.90 Å². The predicted octanol–water partition coefficient (Wildman–Crippen LogP) is 0.565. The molecule has 146 valence electrons. The molecule has 0 aromatic heterocycles. The highest BCUT2D eigenvalue weighted by molar-refractivity contribution is 7.80. The van der Waals surface area contributed by atoms with Crippen molar-refractivity contribution < 1.29 is 14.4 Å². The molecule has 0 bridgehead atoms. The van der Waals surface area contributed by atoms with Crippen molar-refractivity contribution in [1.82, 2.24) is 10.7 Å². The van der Waals surface area contributed by atoms with Gasteiger partial charge in [0.2, 0.25) is 0 Å². The highest BCUT2D eigenvalue weighted by Gasteiger charge is 2.12. The first-order valence-electron chi connectivity index (χ1n) is 9.34. The van der Waals surface area contributed by atoms with Crippen LogP contribution in [0, 0.1) is 12.3 Å². The van der Waals surface area contributed by atoms with Gasteiger partial charge in [-0.25, -0.2) is 0 Å². The lowest BCUT2D eigenvalue weighted by Gasteiger charge is -2.23. The Morgan fingerprint density at radius 3 is 2.93 bits per heavy atom. The summed E-state index contributed by atoms with van der Waals surface area (Å²) >= 11 is 5.31. The summed E-state index contributed by atoms with van der Waals surface area (Å²) < 4.78 is 11.0. The van der Waals surface area contributed by atoms with Gasteiger partial charge in [0, 0.05) is 5.56 Å². The lowest BCUT2D eigenvalue weighted by atomic mass is 10.0. The fourth-order valence-electron chi connectivity index (χ4n) is 3.11. The van der Waals surface area contributed by atoms with Crippen molar-refractivity contribution >= 4 is 34.3 Å². The lowest BCUT2D eigenvalue weighted by molar-refractivity contribution is -0.906. The van der Waals surface area contributed by atoms with Crippen LogP contribution in [0.4, 0.5) is 0 Å². The summed E-state index contributed by atoms with van der Waals surface area (Å²) in [6, 6.07) is 12.0. The van der Waals surface area contributed by atoms with E-state index in [4.69, 9.17) is 28.1 Å². The molecule has 28 heavy (non-hydrogen) atoms. The number of ether oxygens (including phenoxy) is 2. The van der Waals surface area contributed by atoms with Crippen LogP contribution in [0.2, 0.25) is 0 Å². The van der Waals surface area contributed by atoms with E-state index >= 15 is 0 Å². The second-order valence-electron chi connectivity index (χ2n) is 6.43. The predicted molar refractivity (Wildman–Crippen MR) is 116 cm³/mol. The van der Waals surface area contributed by atoms with Crippen LogP contribution in [0.1, 0.15) is 5.56 Å². The third-order valence-corrected chi connectivity index (χ3v) is 4.80. The third-order valence-electron chi connectivity index (χ3n) is 4.57. The van der Waals surface area contributed by atoms with Gasteiger partial charge in [-0.3, -0.25) is 5.43 Å². The van der Waals surface area contributed by atoms with Crippen LogP contribution in [0.15, 0.2) is 41.5 Å².